The lowest BCUT2D eigenvalue weighted by Crippen LogP contribution is -2.01. The number of H-pyrrole nitrogens is 2. The van der Waals surface area contributed by atoms with Crippen molar-refractivity contribution in [3.63, 3.8) is 0 Å². The van der Waals surface area contributed by atoms with Crippen molar-refractivity contribution in [2.24, 2.45) is 0 Å². The molecule has 2 heterocycles. The first-order valence-corrected chi connectivity index (χ1v) is 9.71. The molecule has 3 aromatic carbocycles. The van der Waals surface area contributed by atoms with Gasteiger partial charge in [0.05, 0.1) is 11.8 Å². The van der Waals surface area contributed by atoms with E-state index >= 15 is 0 Å². The van der Waals surface area contributed by atoms with Gasteiger partial charge >= 0.3 is 0 Å². The molecule has 0 spiro atoms. The molecule has 0 bridgehead atoms. The quantitative estimate of drug-likeness (QED) is 0.292. The summed E-state index contributed by atoms with van der Waals surface area (Å²) in [7, 11) is 0. The zero-order valence-electron chi connectivity index (χ0n) is 16.3. The highest BCUT2D eigenvalue weighted by Crippen LogP contribution is 2.31. The Morgan fingerprint density at radius 1 is 0.968 bits per heavy atom. The molecule has 2 N–H and O–H groups in total. The highest BCUT2D eigenvalue weighted by atomic mass is 16.5. The fraction of sp³-hybridized carbons (Fsp3) is 0. The summed E-state index contributed by atoms with van der Waals surface area (Å²) in [6.07, 6.45) is 4.11. The average Bonchev–Trinajstić information content (AvgIpc) is 3.49. The van der Waals surface area contributed by atoms with E-state index in [1.165, 1.54) is 6.20 Å². The highest BCUT2D eigenvalue weighted by molar-refractivity contribution is 6.07. The number of ether oxygens (including phenoxy) is 1. The van der Waals surface area contributed by atoms with Crippen LogP contribution in [0.5, 0.6) is 11.5 Å². The minimum atomic E-state index is -0.123. The summed E-state index contributed by atoms with van der Waals surface area (Å²) in [5.41, 5.74) is 3.12. The Bertz CT molecular complexity index is 1400. The van der Waals surface area contributed by atoms with E-state index in [0.29, 0.717) is 34.1 Å². The van der Waals surface area contributed by atoms with Crippen LogP contribution < -0.4 is 4.74 Å². The highest BCUT2D eigenvalue weighted by Gasteiger charge is 2.14. The summed E-state index contributed by atoms with van der Waals surface area (Å²) in [6.45, 7) is 0. The molecule has 0 fully saturated rings. The van der Waals surface area contributed by atoms with Gasteiger partial charge in [-0.15, -0.1) is 0 Å². The van der Waals surface area contributed by atoms with Crippen LogP contribution in [0.25, 0.3) is 22.3 Å². The Labute approximate surface area is 177 Å². The van der Waals surface area contributed by atoms with Crippen molar-refractivity contribution in [3.8, 4) is 22.9 Å². The number of aromatic nitrogens is 3. The maximum absolute atomic E-state index is 12.6. The van der Waals surface area contributed by atoms with Gasteiger partial charge in [-0.2, -0.15) is 0 Å². The van der Waals surface area contributed by atoms with Crippen LogP contribution in [0, 0.1) is 0 Å². The van der Waals surface area contributed by atoms with Crippen molar-refractivity contribution in [1.82, 2.24) is 15.0 Å². The van der Waals surface area contributed by atoms with Crippen molar-refractivity contribution >= 4 is 23.0 Å². The third kappa shape index (κ3) is 3.51. The van der Waals surface area contributed by atoms with Crippen LogP contribution in [0.4, 0.5) is 0 Å². The molecule has 0 saturated heterocycles. The van der Waals surface area contributed by atoms with Crippen LogP contribution >= 0.6 is 0 Å². The monoisotopic (exact) mass is 407 g/mol. The van der Waals surface area contributed by atoms with Gasteiger partial charge in [0, 0.05) is 28.2 Å². The summed E-state index contributed by atoms with van der Waals surface area (Å²) < 4.78 is 6.01. The lowest BCUT2D eigenvalue weighted by Gasteiger charge is -2.10. The third-order valence-electron chi connectivity index (χ3n) is 5.05. The standard InChI is InChI=1S/C25H17N3O3/c29-15-20-19-11-12-26-21(19)9-10-23(20)31-18-8-4-7-17(13-18)25-27-14-22(28-25)24(30)16-5-2-1-3-6-16/h1-15,26H,(H,27,28). The zero-order valence-corrected chi connectivity index (χ0v) is 16.3. The molecule has 6 heteroatoms. The number of benzene rings is 3. The molecular weight excluding hydrogens is 390 g/mol. The Kier molecular flexibility index (Phi) is 4.65. The van der Waals surface area contributed by atoms with Crippen molar-refractivity contribution in [2.75, 3.05) is 0 Å². The largest absolute Gasteiger partial charge is 0.457 e. The Morgan fingerprint density at radius 3 is 2.68 bits per heavy atom. The molecule has 0 aliphatic heterocycles. The fourth-order valence-corrected chi connectivity index (χ4v) is 3.51. The van der Waals surface area contributed by atoms with Crippen LogP contribution in [-0.2, 0) is 0 Å². The molecule has 0 saturated carbocycles. The normalized spacial score (nSPS) is 10.8. The number of hydrogen-bond acceptors (Lipinski definition) is 4. The van der Waals surface area contributed by atoms with Crippen LogP contribution in [0.3, 0.4) is 0 Å². The smallest absolute Gasteiger partial charge is 0.210 e. The first-order chi connectivity index (χ1) is 15.2. The Hall–Kier alpha value is -4.45. The second kappa shape index (κ2) is 7.76. The minimum absolute atomic E-state index is 0.123. The number of nitrogens with zero attached hydrogens (tertiary/aromatic N) is 1. The van der Waals surface area contributed by atoms with Gasteiger partial charge in [0.2, 0.25) is 5.78 Å². The number of ketones is 1. The molecule has 6 nitrogen and oxygen atoms in total. The molecule has 150 valence electrons. The fourth-order valence-electron chi connectivity index (χ4n) is 3.51. The molecule has 0 unspecified atom stereocenters. The van der Waals surface area contributed by atoms with Gasteiger partial charge in [-0.1, -0.05) is 42.5 Å². The number of carbonyl (C=O) groups is 2. The average molecular weight is 407 g/mol. The minimum Gasteiger partial charge on any atom is -0.457 e. The SMILES string of the molecule is O=Cc1c(Oc2cccc(-c3ncc(C(=O)c4ccccc4)[nH]3)c2)ccc2[nH]ccc12. The van der Waals surface area contributed by atoms with E-state index in [1.807, 2.05) is 48.5 Å². The Morgan fingerprint density at radius 2 is 1.84 bits per heavy atom. The summed E-state index contributed by atoms with van der Waals surface area (Å²) in [5.74, 6) is 1.46. The predicted octanol–water partition coefficient (Wildman–Crippen LogP) is 5.39. The van der Waals surface area contributed by atoms with Gasteiger partial charge in [-0.05, 0) is 30.3 Å². The molecule has 2 aromatic heterocycles. The third-order valence-corrected chi connectivity index (χ3v) is 5.05. The summed E-state index contributed by atoms with van der Waals surface area (Å²) in [5, 5.41) is 0.804. The summed E-state index contributed by atoms with van der Waals surface area (Å²) in [6, 6.07) is 21.8. The van der Waals surface area contributed by atoms with Crippen molar-refractivity contribution in [3.05, 3.63) is 102 Å². The van der Waals surface area contributed by atoms with E-state index in [-0.39, 0.29) is 5.78 Å². The number of aromatic amines is 2. The number of nitrogens with one attached hydrogen (secondary N) is 2. The van der Waals surface area contributed by atoms with Crippen LogP contribution in [0.2, 0.25) is 0 Å². The summed E-state index contributed by atoms with van der Waals surface area (Å²) >= 11 is 0. The maximum atomic E-state index is 12.6. The van der Waals surface area contributed by atoms with Gasteiger partial charge in [0.25, 0.3) is 0 Å². The van der Waals surface area contributed by atoms with E-state index in [0.717, 1.165) is 22.8 Å². The molecule has 0 aliphatic rings. The van der Waals surface area contributed by atoms with E-state index in [1.54, 1.807) is 30.5 Å². The van der Waals surface area contributed by atoms with Crippen molar-refractivity contribution in [1.29, 1.82) is 0 Å². The number of carbonyl (C=O) groups excluding carboxylic acids is 2. The molecule has 0 aliphatic carbocycles. The predicted molar refractivity (Wildman–Crippen MR) is 118 cm³/mol. The maximum Gasteiger partial charge on any atom is 0.210 e. The molecular formula is C25H17N3O3. The molecule has 5 rings (SSSR count). The van der Waals surface area contributed by atoms with Crippen molar-refractivity contribution in [2.45, 2.75) is 0 Å². The number of fused-ring (bicyclic) bond motifs is 1. The molecule has 5 aromatic rings. The Balaban J connectivity index is 1.43. The first-order valence-electron chi connectivity index (χ1n) is 9.71. The van der Waals surface area contributed by atoms with E-state index in [9.17, 15) is 9.59 Å². The van der Waals surface area contributed by atoms with Gasteiger partial charge in [0.15, 0.2) is 6.29 Å². The molecule has 0 radical (unpaired) electrons. The van der Waals surface area contributed by atoms with E-state index < -0.39 is 0 Å². The molecule has 0 atom stereocenters. The van der Waals surface area contributed by atoms with Crippen LogP contribution in [0.1, 0.15) is 26.4 Å². The van der Waals surface area contributed by atoms with E-state index in [4.69, 9.17) is 4.74 Å². The number of imidazole rings is 1. The molecule has 31 heavy (non-hydrogen) atoms. The van der Waals surface area contributed by atoms with E-state index in [2.05, 4.69) is 15.0 Å². The topological polar surface area (TPSA) is 87.8 Å². The van der Waals surface area contributed by atoms with Gasteiger partial charge in [0.1, 0.15) is 23.0 Å². The van der Waals surface area contributed by atoms with Gasteiger partial charge in [-0.3, -0.25) is 9.59 Å². The van der Waals surface area contributed by atoms with Gasteiger partial charge in [-0.25, -0.2) is 4.98 Å². The number of aldehydes is 1. The van der Waals surface area contributed by atoms with Crippen molar-refractivity contribution < 1.29 is 14.3 Å². The second-order valence-electron chi connectivity index (χ2n) is 7.00. The summed E-state index contributed by atoms with van der Waals surface area (Å²) in [4.78, 5) is 34.8. The molecule has 0 amide bonds. The first kappa shape index (κ1) is 18.6. The number of hydrogen-bond donors (Lipinski definition) is 2. The zero-order chi connectivity index (χ0) is 21.2. The van der Waals surface area contributed by atoms with Crippen LogP contribution in [-0.4, -0.2) is 27.0 Å². The lowest BCUT2D eigenvalue weighted by atomic mass is 10.1. The lowest BCUT2D eigenvalue weighted by molar-refractivity contribution is 0.103. The van der Waals surface area contributed by atoms with Gasteiger partial charge < -0.3 is 14.7 Å². The number of rotatable bonds is 6. The van der Waals surface area contributed by atoms with Crippen LogP contribution in [0.15, 0.2) is 85.2 Å². The second-order valence-corrected chi connectivity index (χ2v) is 7.00.